The highest BCUT2D eigenvalue weighted by molar-refractivity contribution is 7.99. The van der Waals surface area contributed by atoms with E-state index in [1.807, 2.05) is 35.3 Å². The van der Waals surface area contributed by atoms with Crippen LogP contribution in [0, 0.1) is 5.92 Å². The van der Waals surface area contributed by atoms with Gasteiger partial charge in [0.15, 0.2) is 5.65 Å². The molecular formula is C29H28F3N7OS. The molecule has 0 radical (unpaired) electrons. The van der Waals surface area contributed by atoms with Gasteiger partial charge < -0.3 is 10.5 Å². The Morgan fingerprint density at radius 1 is 1.05 bits per heavy atom. The number of nitrogen functional groups attached to an aromatic ring is 1. The second-order valence-corrected chi connectivity index (χ2v) is 11.3. The van der Waals surface area contributed by atoms with Gasteiger partial charge in [0.05, 0.1) is 12.2 Å². The molecule has 12 heteroatoms. The van der Waals surface area contributed by atoms with Crippen LogP contribution in [0.2, 0.25) is 0 Å². The summed E-state index contributed by atoms with van der Waals surface area (Å²) in [5.41, 5.74) is 9.94. The maximum Gasteiger partial charge on any atom is 0.433 e. The molecule has 212 valence electrons. The van der Waals surface area contributed by atoms with Gasteiger partial charge in [0, 0.05) is 53.4 Å². The number of benzene rings is 1. The van der Waals surface area contributed by atoms with Crippen molar-refractivity contribution in [3.8, 4) is 22.3 Å². The summed E-state index contributed by atoms with van der Waals surface area (Å²) in [4.78, 5) is 9.34. The lowest BCUT2D eigenvalue weighted by Crippen LogP contribution is -2.27. The van der Waals surface area contributed by atoms with E-state index in [4.69, 9.17) is 15.6 Å². The van der Waals surface area contributed by atoms with Gasteiger partial charge in [-0.3, -0.25) is 9.67 Å². The molecule has 6 rings (SSSR count). The highest BCUT2D eigenvalue weighted by Crippen LogP contribution is 2.37. The zero-order valence-corrected chi connectivity index (χ0v) is 23.1. The Balaban J connectivity index is 1.41. The third kappa shape index (κ3) is 5.66. The molecule has 1 fully saturated rings. The van der Waals surface area contributed by atoms with Crippen LogP contribution in [-0.4, -0.2) is 48.3 Å². The summed E-state index contributed by atoms with van der Waals surface area (Å²) in [7, 11) is 0. The number of aromatic nitrogens is 6. The fourth-order valence-corrected chi connectivity index (χ4v) is 6.07. The van der Waals surface area contributed by atoms with Crippen LogP contribution in [0.25, 0.3) is 27.9 Å². The van der Waals surface area contributed by atoms with Gasteiger partial charge in [-0.25, -0.2) is 4.52 Å². The number of ether oxygens (including phenoxy) is 1. The second-order valence-electron chi connectivity index (χ2n) is 9.92. The second kappa shape index (κ2) is 11.2. The minimum absolute atomic E-state index is 0.127. The van der Waals surface area contributed by atoms with Crippen molar-refractivity contribution in [2.45, 2.75) is 36.9 Å². The standard InChI is InChI=1S/C29H28F3N7OS/c1-2-41-23-5-3-4-19(12-23)24-13-21(16-39-27(24)36-28(33)37-39)22-15-35-38(17-22)26(18-8-10-40-11-9-18)20-6-7-25(34-14-20)29(30,31)32/h3-7,12-18,26H,2,8-11H2,1H3,(H2,33,37). The predicted octanol–water partition coefficient (Wildman–Crippen LogP) is 6.38. The molecule has 0 saturated carbocycles. The summed E-state index contributed by atoms with van der Waals surface area (Å²) in [5, 5.41) is 9.07. The monoisotopic (exact) mass is 579 g/mol. The Labute approximate surface area is 238 Å². The number of pyridine rings is 2. The number of nitrogens with zero attached hydrogens (tertiary/aromatic N) is 6. The van der Waals surface area contributed by atoms with E-state index in [2.05, 4.69) is 34.1 Å². The molecule has 5 aromatic rings. The predicted molar refractivity (Wildman–Crippen MR) is 151 cm³/mol. The van der Waals surface area contributed by atoms with Crippen molar-refractivity contribution in [3.05, 3.63) is 78.5 Å². The van der Waals surface area contributed by atoms with Crippen molar-refractivity contribution in [3.63, 3.8) is 0 Å². The Kier molecular flexibility index (Phi) is 7.43. The first-order chi connectivity index (χ1) is 19.8. The van der Waals surface area contributed by atoms with Crippen LogP contribution < -0.4 is 5.73 Å². The maximum absolute atomic E-state index is 13.2. The largest absolute Gasteiger partial charge is 0.433 e. The van der Waals surface area contributed by atoms with Gasteiger partial charge in [-0.2, -0.15) is 23.3 Å². The number of thioether (sulfide) groups is 1. The molecule has 1 aromatic carbocycles. The van der Waals surface area contributed by atoms with Gasteiger partial charge in [0.1, 0.15) is 5.69 Å². The quantitative estimate of drug-likeness (QED) is 0.223. The highest BCUT2D eigenvalue weighted by atomic mass is 32.2. The van der Waals surface area contributed by atoms with Gasteiger partial charge in [0.2, 0.25) is 5.95 Å². The van der Waals surface area contributed by atoms with Crippen molar-refractivity contribution in [1.29, 1.82) is 0 Å². The molecule has 1 unspecified atom stereocenters. The average molecular weight is 580 g/mol. The average Bonchev–Trinajstić information content (AvgIpc) is 3.60. The lowest BCUT2D eigenvalue weighted by atomic mass is 9.87. The van der Waals surface area contributed by atoms with Gasteiger partial charge in [-0.1, -0.05) is 25.1 Å². The lowest BCUT2D eigenvalue weighted by Gasteiger charge is -2.30. The third-order valence-electron chi connectivity index (χ3n) is 7.26. The van der Waals surface area contributed by atoms with E-state index in [9.17, 15) is 13.2 Å². The van der Waals surface area contributed by atoms with Crippen molar-refractivity contribution in [2.24, 2.45) is 5.92 Å². The molecule has 4 aromatic heterocycles. The summed E-state index contributed by atoms with van der Waals surface area (Å²) >= 11 is 1.76. The van der Waals surface area contributed by atoms with E-state index in [1.54, 1.807) is 22.5 Å². The van der Waals surface area contributed by atoms with E-state index in [0.717, 1.165) is 51.8 Å². The Morgan fingerprint density at radius 2 is 1.88 bits per heavy atom. The Hall–Kier alpha value is -3.90. The number of hydrogen-bond donors (Lipinski definition) is 1. The summed E-state index contributed by atoms with van der Waals surface area (Å²) < 4.78 is 48.7. The SMILES string of the molecule is CCSc1cccc(-c2cc(-c3cnn(C(c4ccc(C(F)(F)F)nc4)C4CCOCC4)c3)cn3nc(N)nc23)c1. The molecule has 8 nitrogen and oxygen atoms in total. The number of fused-ring (bicyclic) bond motifs is 1. The van der Waals surface area contributed by atoms with E-state index in [-0.39, 0.29) is 17.9 Å². The van der Waals surface area contributed by atoms with E-state index in [1.165, 1.54) is 12.3 Å². The highest BCUT2D eigenvalue weighted by Gasteiger charge is 2.34. The van der Waals surface area contributed by atoms with Gasteiger partial charge >= 0.3 is 6.18 Å². The third-order valence-corrected chi connectivity index (χ3v) is 8.13. The molecule has 5 heterocycles. The van der Waals surface area contributed by atoms with E-state index < -0.39 is 11.9 Å². The topological polar surface area (TPSA) is 96.1 Å². The van der Waals surface area contributed by atoms with E-state index in [0.29, 0.717) is 24.4 Å². The first-order valence-electron chi connectivity index (χ1n) is 13.3. The first kappa shape index (κ1) is 27.3. The fourth-order valence-electron chi connectivity index (χ4n) is 5.35. The van der Waals surface area contributed by atoms with Crippen molar-refractivity contribution in [1.82, 2.24) is 29.4 Å². The maximum atomic E-state index is 13.2. The number of nitrogens with two attached hydrogens (primary N) is 1. The van der Waals surface area contributed by atoms with Crippen LogP contribution in [0.4, 0.5) is 19.1 Å². The van der Waals surface area contributed by atoms with E-state index >= 15 is 0 Å². The van der Waals surface area contributed by atoms with Crippen LogP contribution in [0.1, 0.15) is 37.1 Å². The van der Waals surface area contributed by atoms with Crippen LogP contribution in [-0.2, 0) is 10.9 Å². The van der Waals surface area contributed by atoms with Crippen molar-refractivity contribution in [2.75, 3.05) is 24.7 Å². The summed E-state index contributed by atoms with van der Waals surface area (Å²) in [6, 6.07) is 12.5. The minimum atomic E-state index is -4.50. The summed E-state index contributed by atoms with van der Waals surface area (Å²) in [5.74, 6) is 1.26. The number of alkyl halides is 3. The normalized spacial score (nSPS) is 15.4. The number of halogens is 3. The molecule has 1 aliphatic rings. The Bertz CT molecular complexity index is 1660. The van der Waals surface area contributed by atoms with Crippen LogP contribution in [0.15, 0.2) is 72.1 Å². The molecule has 0 bridgehead atoms. The van der Waals surface area contributed by atoms with Crippen LogP contribution in [0.3, 0.4) is 0 Å². The zero-order chi connectivity index (χ0) is 28.6. The molecule has 0 spiro atoms. The van der Waals surface area contributed by atoms with Crippen molar-refractivity contribution >= 4 is 23.4 Å². The fraction of sp³-hybridized carbons (Fsp3) is 0.310. The zero-order valence-electron chi connectivity index (χ0n) is 22.3. The summed E-state index contributed by atoms with van der Waals surface area (Å²) in [6.07, 6.45) is 3.89. The molecule has 0 amide bonds. The summed E-state index contributed by atoms with van der Waals surface area (Å²) in [6.45, 7) is 3.29. The number of rotatable bonds is 7. The molecule has 2 N–H and O–H groups in total. The molecule has 1 atom stereocenters. The smallest absolute Gasteiger partial charge is 0.381 e. The van der Waals surface area contributed by atoms with Crippen LogP contribution in [0.5, 0.6) is 0 Å². The van der Waals surface area contributed by atoms with Crippen LogP contribution >= 0.6 is 11.8 Å². The number of hydrogen-bond acceptors (Lipinski definition) is 7. The molecular weight excluding hydrogens is 551 g/mol. The first-order valence-corrected chi connectivity index (χ1v) is 14.3. The number of anilines is 1. The molecule has 0 aliphatic carbocycles. The van der Waals surface area contributed by atoms with Gasteiger partial charge in [-0.05, 0) is 59.9 Å². The van der Waals surface area contributed by atoms with Crippen molar-refractivity contribution < 1.29 is 17.9 Å². The lowest BCUT2D eigenvalue weighted by molar-refractivity contribution is -0.141. The Morgan fingerprint density at radius 3 is 2.61 bits per heavy atom. The van der Waals surface area contributed by atoms with Gasteiger partial charge in [-0.15, -0.1) is 16.9 Å². The molecule has 41 heavy (non-hydrogen) atoms. The molecule has 1 aliphatic heterocycles. The van der Waals surface area contributed by atoms with Gasteiger partial charge in [0.25, 0.3) is 0 Å². The minimum Gasteiger partial charge on any atom is -0.381 e. The molecule has 1 saturated heterocycles.